The predicted octanol–water partition coefficient (Wildman–Crippen LogP) is 1.61. The van der Waals surface area contributed by atoms with Crippen LogP contribution in [0.5, 0.6) is 0 Å². The number of rotatable bonds is 5. The van der Waals surface area contributed by atoms with Crippen molar-refractivity contribution in [1.82, 2.24) is 15.5 Å². The summed E-state index contributed by atoms with van der Waals surface area (Å²) >= 11 is 0. The first-order valence-electron chi connectivity index (χ1n) is 8.61. The number of methoxy groups -OCH3 is 1. The van der Waals surface area contributed by atoms with Crippen LogP contribution in [-0.4, -0.2) is 49.7 Å². The van der Waals surface area contributed by atoms with Crippen molar-refractivity contribution in [3.63, 3.8) is 0 Å². The first kappa shape index (κ1) is 16.8. The minimum atomic E-state index is -0.193. The number of nitrogens with zero attached hydrogens (tertiary/aromatic N) is 1. The molecule has 3 rings (SSSR count). The third kappa shape index (κ3) is 3.70. The second-order valence-corrected chi connectivity index (χ2v) is 6.41. The summed E-state index contributed by atoms with van der Waals surface area (Å²) in [5.74, 6) is -0.193. The molecule has 2 fully saturated rings. The molecule has 0 aromatic heterocycles. The van der Waals surface area contributed by atoms with Crippen molar-refractivity contribution in [2.45, 2.75) is 37.8 Å². The number of hydrogen-bond acceptors (Lipinski definition) is 4. The van der Waals surface area contributed by atoms with Gasteiger partial charge in [0.25, 0.3) is 0 Å². The molecular weight excluding hydrogens is 306 g/mol. The highest BCUT2D eigenvalue weighted by Gasteiger charge is 2.37. The molecule has 1 aromatic carbocycles. The van der Waals surface area contributed by atoms with Crippen molar-refractivity contribution in [2.24, 2.45) is 0 Å². The number of benzene rings is 1. The van der Waals surface area contributed by atoms with Crippen LogP contribution in [0.3, 0.4) is 0 Å². The van der Waals surface area contributed by atoms with Crippen LogP contribution in [0.1, 0.15) is 36.4 Å². The van der Waals surface area contributed by atoms with Gasteiger partial charge in [0.05, 0.1) is 13.2 Å². The van der Waals surface area contributed by atoms with Gasteiger partial charge in [0, 0.05) is 19.0 Å². The molecule has 0 bridgehead atoms. The molecule has 2 N–H and O–H groups in total. The van der Waals surface area contributed by atoms with E-state index in [1.54, 1.807) is 0 Å². The third-order valence-electron chi connectivity index (χ3n) is 4.93. The lowest BCUT2D eigenvalue weighted by molar-refractivity contribution is -0.140. The molecule has 2 aliphatic heterocycles. The highest BCUT2D eigenvalue weighted by molar-refractivity contribution is 5.77. The Kier molecular flexibility index (Phi) is 5.35. The average Bonchev–Trinajstić information content (AvgIpc) is 3.02. The van der Waals surface area contributed by atoms with Gasteiger partial charge in [0.2, 0.25) is 0 Å². The number of amides is 2. The smallest absolute Gasteiger partial charge is 0.318 e. The molecule has 2 heterocycles. The summed E-state index contributed by atoms with van der Waals surface area (Å²) in [6.45, 7) is 2.59. The Morgan fingerprint density at radius 2 is 1.96 bits per heavy atom. The molecule has 2 saturated heterocycles. The fourth-order valence-corrected chi connectivity index (χ4v) is 3.55. The van der Waals surface area contributed by atoms with E-state index in [0.717, 1.165) is 37.1 Å². The fraction of sp³-hybridized carbons (Fsp3) is 0.556. The van der Waals surface area contributed by atoms with Gasteiger partial charge in [-0.15, -0.1) is 0 Å². The van der Waals surface area contributed by atoms with Crippen LogP contribution >= 0.6 is 0 Å². The second kappa shape index (κ2) is 7.66. The summed E-state index contributed by atoms with van der Waals surface area (Å²) in [7, 11) is 1.41. The van der Waals surface area contributed by atoms with Crippen molar-refractivity contribution in [2.75, 3.05) is 26.7 Å². The molecule has 2 amide bonds. The minimum absolute atomic E-state index is 0.0432. The molecule has 0 aliphatic carbocycles. The molecule has 0 saturated carbocycles. The van der Waals surface area contributed by atoms with Crippen LogP contribution in [0.2, 0.25) is 0 Å². The van der Waals surface area contributed by atoms with Gasteiger partial charge in [-0.25, -0.2) is 4.79 Å². The fourth-order valence-electron chi connectivity index (χ4n) is 3.55. The first-order chi connectivity index (χ1) is 11.7. The molecule has 6 nitrogen and oxygen atoms in total. The Hall–Kier alpha value is -2.08. The van der Waals surface area contributed by atoms with Gasteiger partial charge in [0.15, 0.2) is 0 Å². The highest BCUT2D eigenvalue weighted by atomic mass is 16.5. The van der Waals surface area contributed by atoms with E-state index in [4.69, 9.17) is 0 Å². The molecule has 130 valence electrons. The van der Waals surface area contributed by atoms with Crippen LogP contribution in [0.4, 0.5) is 4.79 Å². The van der Waals surface area contributed by atoms with Gasteiger partial charge in [-0.2, -0.15) is 0 Å². The number of ether oxygens (including phenoxy) is 1. The van der Waals surface area contributed by atoms with E-state index in [0.29, 0.717) is 25.4 Å². The lowest BCUT2D eigenvalue weighted by Crippen LogP contribution is -2.45. The molecule has 24 heavy (non-hydrogen) atoms. The molecule has 1 unspecified atom stereocenters. The number of aryl methyl sites for hydroxylation is 1. The molecule has 0 spiro atoms. The van der Waals surface area contributed by atoms with E-state index in [2.05, 4.69) is 27.5 Å². The number of nitrogens with one attached hydrogen (secondary N) is 2. The Bertz CT molecular complexity index is 582. The maximum atomic E-state index is 12.3. The zero-order valence-electron chi connectivity index (χ0n) is 14.1. The van der Waals surface area contributed by atoms with Crippen LogP contribution in [0.15, 0.2) is 24.3 Å². The number of piperidine rings is 1. The molecule has 6 heteroatoms. The number of carbonyl (C=O) groups excluding carboxylic acids is 2. The van der Waals surface area contributed by atoms with Crippen LogP contribution in [0.25, 0.3) is 0 Å². The SMILES string of the molecule is COC(=O)CCc1ccc(C2CNC(=O)N2C2CCNCC2)cc1. The summed E-state index contributed by atoms with van der Waals surface area (Å²) < 4.78 is 4.67. The van der Waals surface area contributed by atoms with Gasteiger partial charge in [-0.05, 0) is 43.5 Å². The first-order valence-corrected chi connectivity index (χ1v) is 8.61. The lowest BCUT2D eigenvalue weighted by atomic mass is 9.98. The van der Waals surface area contributed by atoms with Gasteiger partial charge >= 0.3 is 12.0 Å². The van der Waals surface area contributed by atoms with E-state index in [-0.39, 0.29) is 18.0 Å². The largest absolute Gasteiger partial charge is 0.469 e. The standard InChI is InChI=1S/C18H25N3O3/c1-24-17(22)7-4-13-2-5-14(6-3-13)16-12-20-18(23)21(16)15-8-10-19-11-9-15/h2-3,5-6,15-16,19H,4,7-12H2,1H3,(H,20,23). The average molecular weight is 331 g/mol. The van der Waals surface area contributed by atoms with Gasteiger partial charge < -0.3 is 20.3 Å². The monoisotopic (exact) mass is 331 g/mol. The van der Waals surface area contributed by atoms with Crippen LogP contribution in [-0.2, 0) is 16.0 Å². The summed E-state index contributed by atoms with van der Waals surface area (Å²) in [5, 5.41) is 6.33. The van der Waals surface area contributed by atoms with Gasteiger partial charge in [-0.1, -0.05) is 24.3 Å². The predicted molar refractivity (Wildman–Crippen MR) is 90.6 cm³/mol. The summed E-state index contributed by atoms with van der Waals surface area (Å²) in [6.07, 6.45) is 3.07. The minimum Gasteiger partial charge on any atom is -0.469 e. The number of hydrogen-bond donors (Lipinski definition) is 2. The van der Waals surface area contributed by atoms with E-state index >= 15 is 0 Å². The van der Waals surface area contributed by atoms with E-state index in [1.165, 1.54) is 7.11 Å². The topological polar surface area (TPSA) is 70.7 Å². The Labute approximate surface area is 142 Å². The second-order valence-electron chi connectivity index (χ2n) is 6.41. The van der Waals surface area contributed by atoms with Gasteiger partial charge in [-0.3, -0.25) is 4.79 Å². The van der Waals surface area contributed by atoms with E-state index in [9.17, 15) is 9.59 Å². The Balaban J connectivity index is 1.68. The molecule has 1 atom stereocenters. The Morgan fingerprint density at radius 1 is 1.25 bits per heavy atom. The number of carbonyl (C=O) groups is 2. The summed E-state index contributed by atoms with van der Waals surface area (Å²) in [6, 6.07) is 8.68. The van der Waals surface area contributed by atoms with Crippen molar-refractivity contribution >= 4 is 12.0 Å². The van der Waals surface area contributed by atoms with Crippen molar-refractivity contribution in [3.8, 4) is 0 Å². The quantitative estimate of drug-likeness (QED) is 0.804. The zero-order valence-corrected chi connectivity index (χ0v) is 14.1. The maximum Gasteiger partial charge on any atom is 0.318 e. The maximum absolute atomic E-state index is 12.3. The zero-order chi connectivity index (χ0) is 16.9. The van der Waals surface area contributed by atoms with Gasteiger partial charge in [0.1, 0.15) is 0 Å². The Morgan fingerprint density at radius 3 is 2.62 bits per heavy atom. The third-order valence-corrected chi connectivity index (χ3v) is 4.93. The van der Waals surface area contributed by atoms with Crippen molar-refractivity contribution < 1.29 is 14.3 Å². The summed E-state index contributed by atoms with van der Waals surface area (Å²) in [4.78, 5) is 25.5. The van der Waals surface area contributed by atoms with Crippen molar-refractivity contribution in [1.29, 1.82) is 0 Å². The number of urea groups is 1. The number of esters is 1. The lowest BCUT2D eigenvalue weighted by Gasteiger charge is -2.35. The normalized spacial score (nSPS) is 21.6. The van der Waals surface area contributed by atoms with Crippen LogP contribution in [0, 0.1) is 0 Å². The highest BCUT2D eigenvalue weighted by Crippen LogP contribution is 2.30. The molecule has 0 radical (unpaired) electrons. The molecule has 2 aliphatic rings. The molecular formula is C18H25N3O3. The van der Waals surface area contributed by atoms with E-state index < -0.39 is 0 Å². The summed E-state index contributed by atoms with van der Waals surface area (Å²) in [5.41, 5.74) is 2.25. The molecule has 1 aromatic rings. The van der Waals surface area contributed by atoms with E-state index in [1.807, 2.05) is 17.0 Å². The van der Waals surface area contributed by atoms with Crippen LogP contribution < -0.4 is 10.6 Å². The van der Waals surface area contributed by atoms with Crippen molar-refractivity contribution in [3.05, 3.63) is 35.4 Å².